The molecule has 0 spiro atoms. The minimum Gasteiger partial charge on any atom is -0.461 e. The molecule has 2 atom stereocenters. The highest BCUT2D eigenvalue weighted by molar-refractivity contribution is 5.73. The second-order valence-corrected chi connectivity index (χ2v) is 7.92. The van der Waals surface area contributed by atoms with Crippen LogP contribution in [0.5, 0.6) is 0 Å². The van der Waals surface area contributed by atoms with Crippen molar-refractivity contribution in [2.24, 2.45) is 11.8 Å². The smallest absolute Gasteiger partial charge is 0.309 e. The maximum absolute atomic E-state index is 12.5. The van der Waals surface area contributed by atoms with Gasteiger partial charge in [-0.1, -0.05) is 71.6 Å². The maximum Gasteiger partial charge on any atom is 0.309 e. The Morgan fingerprint density at radius 2 is 1.34 bits per heavy atom. The Morgan fingerprint density at radius 3 is 1.83 bits per heavy atom. The highest BCUT2D eigenvalue weighted by Crippen LogP contribution is 2.21. The Morgan fingerprint density at radius 1 is 0.828 bits per heavy atom. The van der Waals surface area contributed by atoms with Crippen molar-refractivity contribution in [1.29, 1.82) is 0 Å². The zero-order chi connectivity index (χ0) is 21.6. The fourth-order valence-electron chi connectivity index (χ4n) is 3.51. The summed E-state index contributed by atoms with van der Waals surface area (Å²) in [6.45, 7) is 10.8. The topological polar surface area (TPSA) is 52.6 Å². The number of hydrogen-bond donors (Lipinski definition) is 0. The molecule has 0 aromatic heterocycles. The maximum atomic E-state index is 12.5. The van der Waals surface area contributed by atoms with E-state index in [4.69, 9.17) is 9.47 Å². The molecule has 0 aliphatic heterocycles. The fraction of sp³-hybridized carbons (Fsp3) is 0.680. The van der Waals surface area contributed by atoms with Crippen molar-refractivity contribution in [1.82, 2.24) is 0 Å². The molecule has 0 saturated heterocycles. The van der Waals surface area contributed by atoms with Crippen LogP contribution in [0.25, 0.3) is 0 Å². The molecule has 1 aromatic carbocycles. The van der Waals surface area contributed by atoms with Gasteiger partial charge < -0.3 is 9.47 Å². The molecular weight excluding hydrogens is 364 g/mol. The lowest BCUT2D eigenvalue weighted by Crippen LogP contribution is -2.19. The Kier molecular flexibility index (Phi) is 12.3. The zero-order valence-electron chi connectivity index (χ0n) is 19.1. The van der Waals surface area contributed by atoms with Crippen molar-refractivity contribution >= 4 is 11.9 Å². The van der Waals surface area contributed by atoms with Gasteiger partial charge in [0.2, 0.25) is 0 Å². The fourth-order valence-corrected chi connectivity index (χ4v) is 3.51. The molecule has 4 nitrogen and oxygen atoms in total. The molecule has 0 radical (unpaired) electrons. The van der Waals surface area contributed by atoms with Gasteiger partial charge in [0.25, 0.3) is 0 Å². The van der Waals surface area contributed by atoms with Gasteiger partial charge in [0, 0.05) is 0 Å². The van der Waals surface area contributed by atoms with Gasteiger partial charge in [-0.25, -0.2) is 0 Å². The summed E-state index contributed by atoms with van der Waals surface area (Å²) >= 11 is 0. The van der Waals surface area contributed by atoms with Crippen LogP contribution >= 0.6 is 0 Å². The van der Waals surface area contributed by atoms with Crippen LogP contribution in [0.3, 0.4) is 0 Å². The van der Waals surface area contributed by atoms with E-state index < -0.39 is 0 Å². The summed E-state index contributed by atoms with van der Waals surface area (Å²) in [6.07, 6.45) is 7.58. The minimum atomic E-state index is -0.129. The van der Waals surface area contributed by atoms with E-state index in [1.807, 2.05) is 39.0 Å². The Labute approximate surface area is 177 Å². The van der Waals surface area contributed by atoms with E-state index in [-0.39, 0.29) is 37.0 Å². The molecule has 29 heavy (non-hydrogen) atoms. The van der Waals surface area contributed by atoms with Gasteiger partial charge in [0.05, 0.1) is 11.8 Å². The third-order valence-corrected chi connectivity index (χ3v) is 5.70. The van der Waals surface area contributed by atoms with Gasteiger partial charge in [-0.05, 0) is 49.3 Å². The molecule has 1 rings (SSSR count). The molecule has 1 aromatic rings. The standard InChI is InChI=1S/C25H40O4/c1-6-10-14-20(8-3)24(26)28-17-22-16-12-13-19(5)23(22)18-29-25(27)21(9-4)15-11-7-2/h12-13,16,20-21H,6-11,14-15,17-18H2,1-5H3. The van der Waals surface area contributed by atoms with E-state index in [0.717, 1.165) is 68.1 Å². The number of benzene rings is 1. The minimum absolute atomic E-state index is 0.0371. The van der Waals surface area contributed by atoms with Gasteiger partial charge in [0.15, 0.2) is 0 Å². The predicted octanol–water partition coefficient (Wildman–Crippen LogP) is 6.51. The van der Waals surface area contributed by atoms with E-state index in [9.17, 15) is 9.59 Å². The van der Waals surface area contributed by atoms with Crippen molar-refractivity contribution in [2.45, 2.75) is 99.2 Å². The number of unbranched alkanes of at least 4 members (excludes halogenated alkanes) is 2. The number of hydrogen-bond acceptors (Lipinski definition) is 4. The number of carbonyl (C=O) groups is 2. The van der Waals surface area contributed by atoms with Crippen molar-refractivity contribution in [3.63, 3.8) is 0 Å². The molecule has 4 heteroatoms. The first-order chi connectivity index (χ1) is 14.0. The Bertz CT molecular complexity index is 623. The Balaban J connectivity index is 2.73. The summed E-state index contributed by atoms with van der Waals surface area (Å²) < 4.78 is 11.3. The van der Waals surface area contributed by atoms with Gasteiger partial charge in [0.1, 0.15) is 13.2 Å². The average Bonchev–Trinajstić information content (AvgIpc) is 2.72. The first-order valence-corrected chi connectivity index (χ1v) is 11.4. The monoisotopic (exact) mass is 404 g/mol. The van der Waals surface area contributed by atoms with Crippen LogP contribution in [0.4, 0.5) is 0 Å². The molecule has 0 N–H and O–H groups in total. The molecule has 0 aliphatic rings. The van der Waals surface area contributed by atoms with E-state index in [1.165, 1.54) is 0 Å². The quantitative estimate of drug-likeness (QED) is 0.331. The molecule has 164 valence electrons. The lowest BCUT2D eigenvalue weighted by molar-refractivity contribution is -0.152. The second kappa shape index (κ2) is 14.2. The van der Waals surface area contributed by atoms with Crippen LogP contribution in [-0.2, 0) is 32.3 Å². The largest absolute Gasteiger partial charge is 0.461 e. The second-order valence-electron chi connectivity index (χ2n) is 7.92. The summed E-state index contributed by atoms with van der Waals surface area (Å²) in [7, 11) is 0. The van der Waals surface area contributed by atoms with Crippen LogP contribution in [0.2, 0.25) is 0 Å². The molecule has 0 bridgehead atoms. The summed E-state index contributed by atoms with van der Waals surface area (Å²) in [5.74, 6) is -0.331. The Hall–Kier alpha value is -1.84. The third kappa shape index (κ3) is 8.59. The van der Waals surface area contributed by atoms with E-state index >= 15 is 0 Å². The number of rotatable bonds is 14. The van der Waals surface area contributed by atoms with Crippen LogP contribution < -0.4 is 0 Å². The predicted molar refractivity (Wildman–Crippen MR) is 117 cm³/mol. The summed E-state index contributed by atoms with van der Waals surface area (Å²) in [4.78, 5) is 24.9. The average molecular weight is 405 g/mol. The summed E-state index contributed by atoms with van der Waals surface area (Å²) in [5, 5.41) is 0. The van der Waals surface area contributed by atoms with E-state index in [1.54, 1.807) is 0 Å². The molecule has 2 unspecified atom stereocenters. The van der Waals surface area contributed by atoms with Crippen molar-refractivity contribution in [3.8, 4) is 0 Å². The normalized spacial score (nSPS) is 13.0. The lowest BCUT2D eigenvalue weighted by atomic mass is 9.99. The highest BCUT2D eigenvalue weighted by Gasteiger charge is 2.20. The van der Waals surface area contributed by atoms with Crippen LogP contribution in [0, 0.1) is 18.8 Å². The summed E-state index contributed by atoms with van der Waals surface area (Å²) in [5.41, 5.74) is 2.91. The number of ether oxygens (including phenoxy) is 2. The molecule has 0 fully saturated rings. The van der Waals surface area contributed by atoms with Gasteiger partial charge >= 0.3 is 11.9 Å². The SMILES string of the molecule is CCCCC(CC)C(=O)OCc1cccc(C)c1COC(=O)C(CC)CCCC. The van der Waals surface area contributed by atoms with Gasteiger partial charge in [-0.2, -0.15) is 0 Å². The van der Waals surface area contributed by atoms with Crippen molar-refractivity contribution < 1.29 is 19.1 Å². The lowest BCUT2D eigenvalue weighted by Gasteiger charge is -2.18. The first-order valence-electron chi connectivity index (χ1n) is 11.4. The molecular formula is C25H40O4. The molecule has 0 amide bonds. The molecule has 0 aliphatic carbocycles. The van der Waals surface area contributed by atoms with Crippen LogP contribution in [0.15, 0.2) is 18.2 Å². The third-order valence-electron chi connectivity index (χ3n) is 5.70. The van der Waals surface area contributed by atoms with Gasteiger partial charge in [-0.3, -0.25) is 9.59 Å². The molecule has 0 heterocycles. The zero-order valence-corrected chi connectivity index (χ0v) is 19.1. The molecule has 0 saturated carbocycles. The van der Waals surface area contributed by atoms with E-state index in [0.29, 0.717) is 0 Å². The number of carbonyl (C=O) groups excluding carboxylic acids is 2. The van der Waals surface area contributed by atoms with Crippen molar-refractivity contribution in [2.75, 3.05) is 0 Å². The van der Waals surface area contributed by atoms with Crippen LogP contribution in [0.1, 0.15) is 95.8 Å². The number of aryl methyl sites for hydroxylation is 1. The number of esters is 2. The highest BCUT2D eigenvalue weighted by atomic mass is 16.5. The van der Waals surface area contributed by atoms with Crippen molar-refractivity contribution in [3.05, 3.63) is 34.9 Å². The first kappa shape index (κ1) is 25.2. The van der Waals surface area contributed by atoms with E-state index in [2.05, 4.69) is 13.8 Å². The van der Waals surface area contributed by atoms with Gasteiger partial charge in [-0.15, -0.1) is 0 Å². The summed E-state index contributed by atoms with van der Waals surface area (Å²) in [6, 6.07) is 5.90. The van der Waals surface area contributed by atoms with Crippen LogP contribution in [-0.4, -0.2) is 11.9 Å².